The lowest BCUT2D eigenvalue weighted by Crippen LogP contribution is -2.09. The van der Waals surface area contributed by atoms with E-state index < -0.39 is 0 Å². The number of rotatable bonds is 9. The van der Waals surface area contributed by atoms with Crippen molar-refractivity contribution in [1.82, 2.24) is 0 Å². The van der Waals surface area contributed by atoms with Crippen LogP contribution >= 0.6 is 11.6 Å². The van der Waals surface area contributed by atoms with E-state index in [1.54, 1.807) is 42.5 Å². The summed E-state index contributed by atoms with van der Waals surface area (Å²) in [5, 5.41) is 3.36. The second-order valence-corrected chi connectivity index (χ2v) is 6.59. The normalized spacial score (nSPS) is 10.7. The first-order chi connectivity index (χ1) is 13.1. The molecule has 0 saturated carbocycles. The van der Waals surface area contributed by atoms with Crippen molar-refractivity contribution in [3.05, 3.63) is 70.8 Å². The van der Waals surface area contributed by atoms with Crippen LogP contribution in [0.4, 0.5) is 5.69 Å². The zero-order chi connectivity index (χ0) is 19.5. The lowest BCUT2D eigenvalue weighted by Gasteiger charge is -2.06. The van der Waals surface area contributed by atoms with Crippen LogP contribution in [0.5, 0.6) is 0 Å². The third-order valence-electron chi connectivity index (χ3n) is 3.90. The van der Waals surface area contributed by atoms with Gasteiger partial charge in [-0.3, -0.25) is 4.79 Å². The Morgan fingerprint density at radius 1 is 1.07 bits per heavy atom. The third kappa shape index (κ3) is 7.67. The summed E-state index contributed by atoms with van der Waals surface area (Å²) >= 11 is 5.91. The second-order valence-electron chi connectivity index (χ2n) is 6.15. The largest absolute Gasteiger partial charge is 0.462 e. The summed E-state index contributed by atoms with van der Waals surface area (Å²) in [5.41, 5.74) is 1.92. The number of hydrogen-bond donors (Lipinski definition) is 1. The highest BCUT2D eigenvalue weighted by Gasteiger charge is 2.07. The number of benzene rings is 2. The van der Waals surface area contributed by atoms with E-state index in [1.807, 2.05) is 12.1 Å². The Bertz CT molecular complexity index is 784. The zero-order valence-electron chi connectivity index (χ0n) is 15.4. The predicted molar refractivity (Wildman–Crippen MR) is 110 cm³/mol. The Morgan fingerprint density at radius 2 is 1.85 bits per heavy atom. The Hall–Kier alpha value is -2.59. The maximum atomic E-state index is 12.0. The molecular formula is C22H24ClNO3. The first-order valence-corrected chi connectivity index (χ1v) is 9.48. The standard InChI is InChI=1S/C22H24ClNO3/c1-2-3-4-5-15-27-22(26)18-10-12-20(13-11-18)24-21(25)14-9-17-7-6-8-19(23)16-17/h6-14,16H,2-5,15H2,1H3,(H,24,25)/b14-9+. The average Bonchev–Trinajstić information content (AvgIpc) is 2.67. The molecule has 2 rings (SSSR count). The van der Waals surface area contributed by atoms with E-state index in [1.165, 1.54) is 6.08 Å². The van der Waals surface area contributed by atoms with Crippen LogP contribution in [0.2, 0.25) is 5.02 Å². The van der Waals surface area contributed by atoms with Crippen molar-refractivity contribution >= 4 is 35.2 Å². The molecule has 1 N–H and O–H groups in total. The third-order valence-corrected chi connectivity index (χ3v) is 4.13. The van der Waals surface area contributed by atoms with Gasteiger partial charge in [-0.2, -0.15) is 0 Å². The molecule has 0 aliphatic heterocycles. The van der Waals surface area contributed by atoms with Gasteiger partial charge >= 0.3 is 5.97 Å². The summed E-state index contributed by atoms with van der Waals surface area (Å²) in [6.07, 6.45) is 7.37. The number of hydrogen-bond acceptors (Lipinski definition) is 3. The van der Waals surface area contributed by atoms with Gasteiger partial charge in [0.15, 0.2) is 0 Å². The molecule has 0 bridgehead atoms. The van der Waals surface area contributed by atoms with Crippen LogP contribution in [0, 0.1) is 0 Å². The number of nitrogens with one attached hydrogen (secondary N) is 1. The smallest absolute Gasteiger partial charge is 0.338 e. The SMILES string of the molecule is CCCCCCOC(=O)c1ccc(NC(=O)/C=C/c2cccc(Cl)c2)cc1. The molecule has 0 unspecified atom stereocenters. The van der Waals surface area contributed by atoms with Crippen molar-refractivity contribution in [2.24, 2.45) is 0 Å². The number of amides is 1. The topological polar surface area (TPSA) is 55.4 Å². The molecule has 0 heterocycles. The van der Waals surface area contributed by atoms with Crippen molar-refractivity contribution in [3.8, 4) is 0 Å². The van der Waals surface area contributed by atoms with Gasteiger partial charge in [0, 0.05) is 16.8 Å². The monoisotopic (exact) mass is 385 g/mol. The van der Waals surface area contributed by atoms with Gasteiger partial charge in [0.2, 0.25) is 5.91 Å². The molecule has 4 nitrogen and oxygen atoms in total. The quantitative estimate of drug-likeness (QED) is 0.340. The number of esters is 1. The fraction of sp³-hybridized carbons (Fsp3) is 0.273. The Kier molecular flexibility index (Phi) is 8.59. The molecule has 0 fully saturated rings. The van der Waals surface area contributed by atoms with Gasteiger partial charge in [-0.1, -0.05) is 49.9 Å². The van der Waals surface area contributed by atoms with Crippen LogP contribution in [0.25, 0.3) is 6.08 Å². The average molecular weight is 386 g/mol. The van der Waals surface area contributed by atoms with Gasteiger partial charge < -0.3 is 10.1 Å². The van der Waals surface area contributed by atoms with E-state index in [4.69, 9.17) is 16.3 Å². The van der Waals surface area contributed by atoms with Crippen LogP contribution in [-0.4, -0.2) is 18.5 Å². The summed E-state index contributed by atoms with van der Waals surface area (Å²) in [7, 11) is 0. The Morgan fingerprint density at radius 3 is 2.56 bits per heavy atom. The fourth-order valence-corrected chi connectivity index (χ4v) is 2.63. The molecule has 2 aromatic rings. The molecular weight excluding hydrogens is 362 g/mol. The van der Waals surface area contributed by atoms with Crippen LogP contribution in [0.15, 0.2) is 54.6 Å². The van der Waals surface area contributed by atoms with E-state index in [0.29, 0.717) is 22.9 Å². The van der Waals surface area contributed by atoms with Crippen LogP contribution in [0.3, 0.4) is 0 Å². The molecule has 0 aliphatic rings. The van der Waals surface area contributed by atoms with E-state index >= 15 is 0 Å². The number of halogens is 1. The minimum Gasteiger partial charge on any atom is -0.462 e. The summed E-state index contributed by atoms with van der Waals surface area (Å²) in [6.45, 7) is 2.57. The molecule has 2 aromatic carbocycles. The number of ether oxygens (including phenoxy) is 1. The van der Waals surface area contributed by atoms with Crippen molar-refractivity contribution in [1.29, 1.82) is 0 Å². The van der Waals surface area contributed by atoms with Gasteiger partial charge in [-0.25, -0.2) is 4.79 Å². The van der Waals surface area contributed by atoms with Gasteiger partial charge in [-0.05, 0) is 54.5 Å². The van der Waals surface area contributed by atoms with Crippen LogP contribution in [-0.2, 0) is 9.53 Å². The second kappa shape index (κ2) is 11.2. The molecule has 0 radical (unpaired) electrons. The van der Waals surface area contributed by atoms with Gasteiger partial charge in [0.1, 0.15) is 0 Å². The number of carbonyl (C=O) groups excluding carboxylic acids is 2. The van der Waals surface area contributed by atoms with Gasteiger partial charge in [0.05, 0.1) is 12.2 Å². The molecule has 0 saturated heterocycles. The zero-order valence-corrected chi connectivity index (χ0v) is 16.2. The minimum atomic E-state index is -0.342. The molecule has 0 atom stereocenters. The first-order valence-electron chi connectivity index (χ1n) is 9.10. The van der Waals surface area contributed by atoms with Crippen molar-refractivity contribution in [2.75, 3.05) is 11.9 Å². The highest BCUT2D eigenvalue weighted by Crippen LogP contribution is 2.13. The first kappa shape index (κ1) is 20.7. The maximum Gasteiger partial charge on any atom is 0.338 e. The highest BCUT2D eigenvalue weighted by atomic mass is 35.5. The van der Waals surface area contributed by atoms with Crippen LogP contribution in [0.1, 0.15) is 48.5 Å². The van der Waals surface area contributed by atoms with Gasteiger partial charge in [-0.15, -0.1) is 0 Å². The number of carbonyl (C=O) groups is 2. The summed E-state index contributed by atoms with van der Waals surface area (Å²) in [5.74, 6) is -0.605. The molecule has 0 aliphatic carbocycles. The lowest BCUT2D eigenvalue weighted by atomic mass is 10.2. The Balaban J connectivity index is 1.82. The van der Waals surface area contributed by atoms with Crippen molar-refractivity contribution in [3.63, 3.8) is 0 Å². The summed E-state index contributed by atoms with van der Waals surface area (Å²) in [6, 6.07) is 13.9. The fourth-order valence-electron chi connectivity index (χ4n) is 2.43. The Labute approximate surface area is 165 Å². The summed E-state index contributed by atoms with van der Waals surface area (Å²) < 4.78 is 5.24. The molecule has 0 spiro atoms. The molecule has 142 valence electrons. The number of anilines is 1. The maximum absolute atomic E-state index is 12.0. The lowest BCUT2D eigenvalue weighted by molar-refractivity contribution is -0.111. The van der Waals surface area contributed by atoms with E-state index in [2.05, 4.69) is 12.2 Å². The summed E-state index contributed by atoms with van der Waals surface area (Å²) in [4.78, 5) is 24.0. The van der Waals surface area contributed by atoms with E-state index in [-0.39, 0.29) is 11.9 Å². The minimum absolute atomic E-state index is 0.263. The van der Waals surface area contributed by atoms with Crippen LogP contribution < -0.4 is 5.32 Å². The molecule has 0 aromatic heterocycles. The number of unbranched alkanes of at least 4 members (excludes halogenated alkanes) is 3. The molecule has 5 heteroatoms. The van der Waals surface area contributed by atoms with E-state index in [9.17, 15) is 9.59 Å². The highest BCUT2D eigenvalue weighted by molar-refractivity contribution is 6.30. The molecule has 1 amide bonds. The van der Waals surface area contributed by atoms with Crippen molar-refractivity contribution < 1.29 is 14.3 Å². The molecule has 27 heavy (non-hydrogen) atoms. The van der Waals surface area contributed by atoms with E-state index in [0.717, 1.165) is 31.2 Å². The van der Waals surface area contributed by atoms with Crippen molar-refractivity contribution in [2.45, 2.75) is 32.6 Å². The van der Waals surface area contributed by atoms with Gasteiger partial charge in [0.25, 0.3) is 0 Å². The predicted octanol–water partition coefficient (Wildman–Crippen LogP) is 5.73.